The van der Waals surface area contributed by atoms with Crippen LogP contribution in [-0.4, -0.2) is 30.6 Å². The number of aliphatic hydroxyl groups excluding tert-OH is 1. The van der Waals surface area contributed by atoms with Crippen LogP contribution in [-0.2, 0) is 4.79 Å². The average Bonchev–Trinajstić information content (AvgIpc) is 2.90. The molecule has 0 saturated carbocycles. The van der Waals surface area contributed by atoms with Crippen molar-refractivity contribution in [3.63, 3.8) is 0 Å². The van der Waals surface area contributed by atoms with Gasteiger partial charge in [0.05, 0.1) is 12.0 Å². The van der Waals surface area contributed by atoms with Gasteiger partial charge >= 0.3 is 0 Å². The Morgan fingerprint density at radius 1 is 1.47 bits per heavy atom. The van der Waals surface area contributed by atoms with Gasteiger partial charge in [0.1, 0.15) is 0 Å². The number of aliphatic hydroxyl groups is 1. The number of hydrogen-bond donors (Lipinski definition) is 3. The van der Waals surface area contributed by atoms with E-state index in [-0.39, 0.29) is 18.4 Å². The van der Waals surface area contributed by atoms with E-state index in [0.29, 0.717) is 0 Å². The van der Waals surface area contributed by atoms with Crippen molar-refractivity contribution in [2.45, 2.75) is 12.5 Å². The molecule has 0 aliphatic carbocycles. The Labute approximate surface area is 101 Å². The van der Waals surface area contributed by atoms with Gasteiger partial charge in [0.25, 0.3) is 0 Å². The molecule has 2 unspecified atom stereocenters. The Kier molecular flexibility index (Phi) is 4.12. The standard InChI is InChI=1S/C13H18N2O2/c16-12(10-4-2-1-3-5-10)9-15-13(17)11-6-7-14-8-11/h1-5,11-12,14,16H,6-9H2,(H,15,17). The van der Waals surface area contributed by atoms with Crippen molar-refractivity contribution in [3.8, 4) is 0 Å². The van der Waals surface area contributed by atoms with Gasteiger partial charge in [0.2, 0.25) is 5.91 Å². The number of carbonyl (C=O) groups excluding carboxylic acids is 1. The lowest BCUT2D eigenvalue weighted by Gasteiger charge is -2.14. The second kappa shape index (κ2) is 5.80. The van der Waals surface area contributed by atoms with Gasteiger partial charge < -0.3 is 15.7 Å². The molecule has 0 radical (unpaired) electrons. The summed E-state index contributed by atoms with van der Waals surface area (Å²) in [5.74, 6) is 0.0861. The first-order valence-electron chi connectivity index (χ1n) is 5.99. The van der Waals surface area contributed by atoms with Crippen molar-refractivity contribution in [2.24, 2.45) is 5.92 Å². The molecular weight excluding hydrogens is 216 g/mol. The van der Waals surface area contributed by atoms with Gasteiger partial charge in [-0.2, -0.15) is 0 Å². The van der Waals surface area contributed by atoms with Gasteiger partial charge in [0.15, 0.2) is 0 Å². The van der Waals surface area contributed by atoms with Gasteiger partial charge in [-0.1, -0.05) is 30.3 Å². The maximum absolute atomic E-state index is 11.7. The van der Waals surface area contributed by atoms with Crippen molar-refractivity contribution in [1.29, 1.82) is 0 Å². The summed E-state index contributed by atoms with van der Waals surface area (Å²) < 4.78 is 0. The highest BCUT2D eigenvalue weighted by molar-refractivity contribution is 5.79. The van der Waals surface area contributed by atoms with Crippen molar-refractivity contribution in [1.82, 2.24) is 10.6 Å². The number of hydrogen-bond acceptors (Lipinski definition) is 3. The molecule has 1 heterocycles. The normalized spacial score (nSPS) is 21.1. The highest BCUT2D eigenvalue weighted by Gasteiger charge is 2.22. The van der Waals surface area contributed by atoms with Crippen LogP contribution in [0.5, 0.6) is 0 Å². The summed E-state index contributed by atoms with van der Waals surface area (Å²) in [6, 6.07) is 9.36. The minimum atomic E-state index is -0.630. The summed E-state index contributed by atoms with van der Waals surface area (Å²) in [7, 11) is 0. The Hall–Kier alpha value is -1.39. The molecule has 1 fully saturated rings. The lowest BCUT2D eigenvalue weighted by Crippen LogP contribution is -2.34. The maximum atomic E-state index is 11.7. The van der Waals surface area contributed by atoms with E-state index in [1.54, 1.807) is 0 Å². The molecule has 3 N–H and O–H groups in total. The fourth-order valence-electron chi connectivity index (χ4n) is 2.01. The second-order valence-electron chi connectivity index (χ2n) is 4.36. The summed E-state index contributed by atoms with van der Waals surface area (Å²) in [6.07, 6.45) is 0.252. The molecule has 2 atom stereocenters. The largest absolute Gasteiger partial charge is 0.387 e. The average molecular weight is 234 g/mol. The molecule has 17 heavy (non-hydrogen) atoms. The number of amides is 1. The quantitative estimate of drug-likeness (QED) is 0.708. The minimum Gasteiger partial charge on any atom is -0.387 e. The van der Waals surface area contributed by atoms with Crippen LogP contribution in [0.1, 0.15) is 18.1 Å². The molecule has 1 aliphatic rings. The fourth-order valence-corrected chi connectivity index (χ4v) is 2.01. The van der Waals surface area contributed by atoms with E-state index >= 15 is 0 Å². The van der Waals surface area contributed by atoms with Crippen molar-refractivity contribution in [2.75, 3.05) is 19.6 Å². The van der Waals surface area contributed by atoms with E-state index in [1.165, 1.54) is 0 Å². The van der Waals surface area contributed by atoms with Crippen molar-refractivity contribution in [3.05, 3.63) is 35.9 Å². The van der Waals surface area contributed by atoms with Crippen LogP contribution >= 0.6 is 0 Å². The number of nitrogens with one attached hydrogen (secondary N) is 2. The van der Waals surface area contributed by atoms with E-state index < -0.39 is 6.10 Å². The van der Waals surface area contributed by atoms with E-state index in [2.05, 4.69) is 10.6 Å². The van der Waals surface area contributed by atoms with E-state index in [9.17, 15) is 9.90 Å². The summed E-state index contributed by atoms with van der Waals surface area (Å²) in [5.41, 5.74) is 0.831. The Balaban J connectivity index is 1.80. The third kappa shape index (κ3) is 3.28. The molecule has 1 aromatic carbocycles. The lowest BCUT2D eigenvalue weighted by atomic mass is 10.1. The zero-order chi connectivity index (χ0) is 12.1. The first-order chi connectivity index (χ1) is 8.27. The molecule has 0 bridgehead atoms. The fraction of sp³-hybridized carbons (Fsp3) is 0.462. The van der Waals surface area contributed by atoms with Crippen LogP contribution in [0.15, 0.2) is 30.3 Å². The summed E-state index contributed by atoms with van der Waals surface area (Å²) >= 11 is 0. The predicted molar refractivity (Wildman–Crippen MR) is 65.4 cm³/mol. The van der Waals surface area contributed by atoms with Crippen LogP contribution in [0.2, 0.25) is 0 Å². The van der Waals surface area contributed by atoms with Gasteiger partial charge in [-0.3, -0.25) is 4.79 Å². The first-order valence-corrected chi connectivity index (χ1v) is 5.99. The topological polar surface area (TPSA) is 61.4 Å². The van der Waals surface area contributed by atoms with E-state index in [1.807, 2.05) is 30.3 Å². The third-order valence-corrected chi connectivity index (χ3v) is 3.09. The molecular formula is C13H18N2O2. The summed E-state index contributed by atoms with van der Waals surface area (Å²) in [6.45, 7) is 1.92. The highest BCUT2D eigenvalue weighted by Crippen LogP contribution is 2.12. The third-order valence-electron chi connectivity index (χ3n) is 3.09. The molecule has 92 valence electrons. The predicted octanol–water partition coefficient (Wildman–Crippen LogP) is 0.446. The molecule has 1 aromatic rings. The number of rotatable bonds is 4. The maximum Gasteiger partial charge on any atom is 0.224 e. The monoisotopic (exact) mass is 234 g/mol. The second-order valence-corrected chi connectivity index (χ2v) is 4.36. The van der Waals surface area contributed by atoms with Crippen molar-refractivity contribution < 1.29 is 9.90 Å². The zero-order valence-corrected chi connectivity index (χ0v) is 9.73. The van der Waals surface area contributed by atoms with Gasteiger partial charge in [-0.05, 0) is 18.5 Å². The number of benzene rings is 1. The van der Waals surface area contributed by atoms with Gasteiger partial charge in [-0.25, -0.2) is 0 Å². The minimum absolute atomic E-state index is 0.0324. The van der Waals surface area contributed by atoms with Crippen molar-refractivity contribution >= 4 is 5.91 Å². The zero-order valence-electron chi connectivity index (χ0n) is 9.73. The molecule has 2 rings (SSSR count). The van der Waals surface area contributed by atoms with Crippen LogP contribution in [0.3, 0.4) is 0 Å². The molecule has 4 heteroatoms. The molecule has 0 aromatic heterocycles. The van der Waals surface area contributed by atoms with Gasteiger partial charge in [-0.15, -0.1) is 0 Å². The SMILES string of the molecule is O=C(NCC(O)c1ccccc1)C1CCNC1. The van der Waals surface area contributed by atoms with Crippen LogP contribution in [0.4, 0.5) is 0 Å². The smallest absolute Gasteiger partial charge is 0.224 e. The molecule has 0 spiro atoms. The summed E-state index contributed by atoms with van der Waals surface area (Å²) in [5, 5.41) is 15.8. The Morgan fingerprint density at radius 3 is 2.88 bits per heavy atom. The summed E-state index contributed by atoms with van der Waals surface area (Å²) in [4.78, 5) is 11.7. The first kappa shape index (κ1) is 12.1. The van der Waals surface area contributed by atoms with Gasteiger partial charge in [0, 0.05) is 13.1 Å². The van der Waals surface area contributed by atoms with Crippen LogP contribution in [0.25, 0.3) is 0 Å². The number of carbonyl (C=O) groups is 1. The molecule has 1 saturated heterocycles. The van der Waals surface area contributed by atoms with Crippen LogP contribution in [0, 0.1) is 5.92 Å². The Bertz CT molecular complexity index is 361. The van der Waals surface area contributed by atoms with Crippen LogP contribution < -0.4 is 10.6 Å². The van der Waals surface area contributed by atoms with E-state index in [0.717, 1.165) is 25.1 Å². The van der Waals surface area contributed by atoms with E-state index in [4.69, 9.17) is 0 Å². The molecule has 1 aliphatic heterocycles. The molecule has 1 amide bonds. The highest BCUT2D eigenvalue weighted by atomic mass is 16.3. The molecule has 4 nitrogen and oxygen atoms in total. The Morgan fingerprint density at radius 2 is 2.24 bits per heavy atom. The lowest BCUT2D eigenvalue weighted by molar-refractivity contribution is -0.124.